The van der Waals surface area contributed by atoms with Crippen molar-refractivity contribution in [2.75, 3.05) is 13.1 Å². The average molecular weight is 456 g/mol. The fourth-order valence-corrected chi connectivity index (χ4v) is 5.69. The molecule has 0 radical (unpaired) electrons. The second kappa shape index (κ2) is 8.15. The number of carbonyl (C=O) groups excluding carboxylic acids is 1. The molecule has 1 aromatic carbocycles. The standard InChI is InChI=1S/C26H25N5OS/c1-2-31-25-21(16-28-31)19(14-23(29-25)24-8-5-13-33-24)26(32)30-11-9-17(10-12-30)20-15-27-22-7-4-3-6-18(20)22/h3-8,13-17,27H,2,9-12H2,1H3. The van der Waals surface area contributed by atoms with Gasteiger partial charge in [0.25, 0.3) is 5.91 Å². The van der Waals surface area contributed by atoms with Gasteiger partial charge in [0.05, 0.1) is 27.7 Å². The van der Waals surface area contributed by atoms with Crippen molar-refractivity contribution >= 4 is 39.2 Å². The summed E-state index contributed by atoms with van der Waals surface area (Å²) < 4.78 is 1.87. The number of nitrogens with one attached hydrogen (secondary N) is 1. The van der Waals surface area contributed by atoms with E-state index in [1.807, 2.05) is 40.1 Å². The first-order chi connectivity index (χ1) is 16.2. The molecule has 1 aliphatic rings. The lowest BCUT2D eigenvalue weighted by atomic mass is 9.89. The number of hydrogen-bond acceptors (Lipinski definition) is 4. The van der Waals surface area contributed by atoms with E-state index in [2.05, 4.69) is 40.5 Å². The number of nitrogens with zero attached hydrogens (tertiary/aromatic N) is 4. The maximum absolute atomic E-state index is 13.7. The lowest BCUT2D eigenvalue weighted by Crippen LogP contribution is -2.38. The number of aromatic amines is 1. The minimum Gasteiger partial charge on any atom is -0.361 e. The van der Waals surface area contributed by atoms with E-state index in [-0.39, 0.29) is 5.91 Å². The number of hydrogen-bond donors (Lipinski definition) is 1. The molecule has 0 spiro atoms. The molecule has 0 bridgehead atoms. The molecule has 0 aliphatic carbocycles. The SMILES string of the molecule is CCn1ncc2c(C(=O)N3CCC(c4c[nH]c5ccccc45)CC3)cc(-c3cccs3)nc21. The van der Waals surface area contributed by atoms with Gasteiger partial charge < -0.3 is 9.88 Å². The summed E-state index contributed by atoms with van der Waals surface area (Å²) in [6, 6.07) is 14.5. The Bertz CT molecular complexity index is 1440. The Kier molecular flexibility index (Phi) is 4.99. The van der Waals surface area contributed by atoms with Crippen molar-refractivity contribution < 1.29 is 4.79 Å². The number of aryl methyl sites for hydroxylation is 1. The van der Waals surface area contributed by atoms with E-state index in [0.29, 0.717) is 18.0 Å². The van der Waals surface area contributed by atoms with Gasteiger partial charge in [-0.2, -0.15) is 5.10 Å². The predicted molar refractivity (Wildman–Crippen MR) is 133 cm³/mol. The van der Waals surface area contributed by atoms with Gasteiger partial charge in [-0.3, -0.25) is 4.79 Å². The third-order valence-electron chi connectivity index (χ3n) is 6.76. The molecule has 33 heavy (non-hydrogen) atoms. The Balaban J connectivity index is 1.29. The van der Waals surface area contributed by atoms with Gasteiger partial charge in [-0.15, -0.1) is 11.3 Å². The normalized spacial score (nSPS) is 15.0. The summed E-state index contributed by atoms with van der Waals surface area (Å²) in [5.41, 5.74) is 4.87. The van der Waals surface area contributed by atoms with Crippen molar-refractivity contribution in [3.63, 3.8) is 0 Å². The number of aromatic nitrogens is 4. The first-order valence-electron chi connectivity index (χ1n) is 11.5. The third-order valence-corrected chi connectivity index (χ3v) is 7.65. The number of rotatable bonds is 4. The van der Waals surface area contributed by atoms with Crippen molar-refractivity contribution in [3.05, 3.63) is 71.4 Å². The van der Waals surface area contributed by atoms with Crippen molar-refractivity contribution in [3.8, 4) is 10.6 Å². The smallest absolute Gasteiger partial charge is 0.254 e. The number of H-pyrrole nitrogens is 1. The van der Waals surface area contributed by atoms with Crippen molar-refractivity contribution in [1.29, 1.82) is 0 Å². The van der Waals surface area contributed by atoms with Gasteiger partial charge in [0.1, 0.15) is 0 Å². The number of pyridine rings is 1. The molecule has 166 valence electrons. The van der Waals surface area contributed by atoms with Crippen LogP contribution in [0.15, 0.2) is 60.2 Å². The number of fused-ring (bicyclic) bond motifs is 2. The first-order valence-corrected chi connectivity index (χ1v) is 12.4. The lowest BCUT2D eigenvalue weighted by molar-refractivity contribution is 0.0715. The van der Waals surface area contributed by atoms with Crippen LogP contribution in [0, 0.1) is 0 Å². The van der Waals surface area contributed by atoms with E-state index < -0.39 is 0 Å². The van der Waals surface area contributed by atoms with Gasteiger partial charge in [0, 0.05) is 36.7 Å². The minimum absolute atomic E-state index is 0.0771. The molecular weight excluding hydrogens is 430 g/mol. The summed E-state index contributed by atoms with van der Waals surface area (Å²) in [4.78, 5) is 25.0. The minimum atomic E-state index is 0.0771. The summed E-state index contributed by atoms with van der Waals surface area (Å²) in [5, 5.41) is 8.65. The number of piperidine rings is 1. The average Bonchev–Trinajstić information content (AvgIpc) is 3.62. The number of thiophene rings is 1. The Morgan fingerprint density at radius 3 is 2.79 bits per heavy atom. The van der Waals surface area contributed by atoms with Crippen LogP contribution >= 0.6 is 11.3 Å². The van der Waals surface area contributed by atoms with Crippen LogP contribution in [-0.2, 0) is 6.54 Å². The second-order valence-electron chi connectivity index (χ2n) is 8.59. The van der Waals surface area contributed by atoms with Crippen molar-refractivity contribution in [2.24, 2.45) is 0 Å². The fourth-order valence-electron chi connectivity index (χ4n) is 5.00. The van der Waals surface area contributed by atoms with Crippen LogP contribution in [0.4, 0.5) is 0 Å². The molecule has 0 saturated carbocycles. The molecule has 6 rings (SSSR count). The highest BCUT2D eigenvalue weighted by Gasteiger charge is 2.28. The Morgan fingerprint density at radius 1 is 1.15 bits per heavy atom. The van der Waals surface area contributed by atoms with Crippen LogP contribution in [0.1, 0.15) is 41.6 Å². The molecule has 0 unspecified atom stereocenters. The molecule has 5 heterocycles. The molecule has 0 atom stereocenters. The number of para-hydroxylation sites is 1. The molecule has 6 nitrogen and oxygen atoms in total. The van der Waals surface area contributed by atoms with Gasteiger partial charge in [0.15, 0.2) is 5.65 Å². The van der Waals surface area contributed by atoms with Crippen LogP contribution in [0.5, 0.6) is 0 Å². The largest absolute Gasteiger partial charge is 0.361 e. The van der Waals surface area contributed by atoms with E-state index in [0.717, 1.165) is 47.5 Å². The summed E-state index contributed by atoms with van der Waals surface area (Å²) in [7, 11) is 0. The number of amides is 1. The Labute approximate surface area is 195 Å². The molecule has 4 aromatic heterocycles. The monoisotopic (exact) mass is 455 g/mol. The zero-order chi connectivity index (χ0) is 22.4. The fraction of sp³-hybridized carbons (Fsp3) is 0.269. The highest BCUT2D eigenvalue weighted by atomic mass is 32.1. The molecule has 1 fully saturated rings. The maximum atomic E-state index is 13.7. The number of carbonyl (C=O) groups is 1. The highest BCUT2D eigenvalue weighted by molar-refractivity contribution is 7.13. The Hall–Kier alpha value is -3.45. The van der Waals surface area contributed by atoms with Crippen LogP contribution < -0.4 is 0 Å². The number of benzene rings is 1. The molecule has 7 heteroatoms. The maximum Gasteiger partial charge on any atom is 0.254 e. The van der Waals surface area contributed by atoms with Crippen LogP contribution in [0.25, 0.3) is 32.5 Å². The van der Waals surface area contributed by atoms with Crippen LogP contribution in [0.2, 0.25) is 0 Å². The zero-order valence-electron chi connectivity index (χ0n) is 18.5. The number of likely N-dealkylation sites (tertiary alicyclic amines) is 1. The summed E-state index contributed by atoms with van der Waals surface area (Å²) >= 11 is 1.64. The van der Waals surface area contributed by atoms with E-state index in [9.17, 15) is 4.79 Å². The van der Waals surface area contributed by atoms with Crippen molar-refractivity contribution in [2.45, 2.75) is 32.2 Å². The van der Waals surface area contributed by atoms with Gasteiger partial charge in [-0.1, -0.05) is 24.3 Å². The third kappa shape index (κ3) is 3.43. The van der Waals surface area contributed by atoms with Crippen LogP contribution in [-0.4, -0.2) is 43.6 Å². The topological polar surface area (TPSA) is 66.8 Å². The van der Waals surface area contributed by atoms with E-state index in [1.165, 1.54) is 16.5 Å². The van der Waals surface area contributed by atoms with Gasteiger partial charge in [-0.25, -0.2) is 9.67 Å². The highest BCUT2D eigenvalue weighted by Crippen LogP contribution is 2.34. The summed E-state index contributed by atoms with van der Waals surface area (Å²) in [6.07, 6.45) is 5.86. The van der Waals surface area contributed by atoms with E-state index in [1.54, 1.807) is 17.5 Å². The molecule has 1 saturated heterocycles. The molecule has 1 aliphatic heterocycles. The predicted octanol–water partition coefficient (Wildman–Crippen LogP) is 5.68. The van der Waals surface area contributed by atoms with Gasteiger partial charge >= 0.3 is 0 Å². The summed E-state index contributed by atoms with van der Waals surface area (Å²) in [6.45, 7) is 4.27. The second-order valence-corrected chi connectivity index (χ2v) is 9.53. The molecule has 1 amide bonds. The molecule has 1 N–H and O–H groups in total. The quantitative estimate of drug-likeness (QED) is 0.379. The molecular formula is C26H25N5OS. The lowest BCUT2D eigenvalue weighted by Gasteiger charge is -2.32. The van der Waals surface area contributed by atoms with E-state index in [4.69, 9.17) is 4.98 Å². The van der Waals surface area contributed by atoms with Crippen molar-refractivity contribution in [1.82, 2.24) is 24.6 Å². The van der Waals surface area contributed by atoms with Crippen LogP contribution in [0.3, 0.4) is 0 Å². The Morgan fingerprint density at radius 2 is 2.00 bits per heavy atom. The van der Waals surface area contributed by atoms with Gasteiger partial charge in [-0.05, 0) is 54.8 Å². The first kappa shape index (κ1) is 20.2. The van der Waals surface area contributed by atoms with E-state index >= 15 is 0 Å². The molecule has 5 aromatic rings. The zero-order valence-corrected chi connectivity index (χ0v) is 19.3. The van der Waals surface area contributed by atoms with Gasteiger partial charge in [0.2, 0.25) is 0 Å². The summed E-state index contributed by atoms with van der Waals surface area (Å²) in [5.74, 6) is 0.542.